The Balaban J connectivity index is 0.912. The molecule has 3 unspecified atom stereocenters. The van der Waals surface area contributed by atoms with E-state index in [4.69, 9.17) is 11.6 Å². The number of carbonyl (C=O) groups excluding carboxylic acids is 4. The third-order valence-corrected chi connectivity index (χ3v) is 12.8. The standard InChI is InChI=1S/C47H49ClFN5O6/c1-28-25-52(42-24-39-38(23-40(42)49)46(59)54(47(39)60)41-15-16-43(57)50-45(41)58)26-29(2)53(28)27-30-18-21-51(22-19-30)34-9-3-32(4-10-34)44(33-7-13-36(56)14-8-33)37(17-20-48)31-5-11-35(55)12-6-31/h3-14,23-24,28-30,41,55-56H,15-22,25-27H2,1-2H3,(H,50,57,58). The Kier molecular flexibility index (Phi) is 11.7. The molecule has 0 aliphatic carbocycles. The van der Waals surface area contributed by atoms with Crippen LogP contribution in [0.4, 0.5) is 15.8 Å². The zero-order valence-electron chi connectivity index (χ0n) is 33.7. The average Bonchev–Trinajstić information content (AvgIpc) is 3.47. The molecule has 4 aromatic rings. The molecule has 8 rings (SSSR count). The predicted molar refractivity (Wildman–Crippen MR) is 230 cm³/mol. The second kappa shape index (κ2) is 17.1. The molecular formula is C47H49ClFN5O6. The molecule has 0 radical (unpaired) electrons. The van der Waals surface area contributed by atoms with Crippen LogP contribution in [0.15, 0.2) is 84.9 Å². The number of halogens is 2. The van der Waals surface area contributed by atoms with Gasteiger partial charge in [0, 0.05) is 62.8 Å². The van der Waals surface area contributed by atoms with Gasteiger partial charge in [0.1, 0.15) is 23.4 Å². The second-order valence-corrected chi connectivity index (χ2v) is 16.8. The molecule has 60 heavy (non-hydrogen) atoms. The zero-order chi connectivity index (χ0) is 42.2. The Morgan fingerprint density at radius 1 is 0.750 bits per heavy atom. The van der Waals surface area contributed by atoms with E-state index in [9.17, 15) is 29.4 Å². The molecule has 0 spiro atoms. The highest BCUT2D eigenvalue weighted by atomic mass is 35.5. The number of piperazine rings is 1. The Labute approximate surface area is 354 Å². The fourth-order valence-corrected chi connectivity index (χ4v) is 9.65. The Morgan fingerprint density at radius 3 is 1.87 bits per heavy atom. The molecule has 3 N–H and O–H groups in total. The number of nitrogens with zero attached hydrogens (tertiary/aromatic N) is 4. The van der Waals surface area contributed by atoms with Gasteiger partial charge < -0.3 is 20.0 Å². The minimum absolute atomic E-state index is 0.0141. The second-order valence-electron chi connectivity index (χ2n) is 16.5. The molecule has 4 aromatic carbocycles. The molecule has 312 valence electrons. The molecule has 4 aliphatic rings. The molecule has 0 saturated carbocycles. The number of alkyl halides is 1. The van der Waals surface area contributed by atoms with Crippen LogP contribution in [0, 0.1) is 11.7 Å². The van der Waals surface area contributed by atoms with Crippen LogP contribution in [0.5, 0.6) is 11.5 Å². The molecule has 0 aromatic heterocycles. The number of rotatable bonds is 10. The minimum Gasteiger partial charge on any atom is -0.508 e. The van der Waals surface area contributed by atoms with E-state index in [1.165, 1.54) is 6.07 Å². The van der Waals surface area contributed by atoms with Crippen LogP contribution in [-0.4, -0.2) is 100 Å². The van der Waals surface area contributed by atoms with E-state index in [1.54, 1.807) is 24.3 Å². The quantitative estimate of drug-likeness (QED) is 0.0875. The SMILES string of the molecule is CC1CN(c2cc3c(cc2F)C(=O)N(C2CCC(=O)NC2=O)C3=O)CC(C)N1CC1CCN(c2ccc(C(=C(CCCl)c3ccc(O)cc3)c3ccc(O)cc3)cc2)CC1. The maximum absolute atomic E-state index is 15.7. The summed E-state index contributed by atoms with van der Waals surface area (Å²) in [7, 11) is 0. The monoisotopic (exact) mass is 833 g/mol. The van der Waals surface area contributed by atoms with Gasteiger partial charge in [-0.25, -0.2) is 4.39 Å². The van der Waals surface area contributed by atoms with Crippen molar-refractivity contribution in [2.24, 2.45) is 5.92 Å². The summed E-state index contributed by atoms with van der Waals surface area (Å²) in [5.41, 5.74) is 6.46. The molecule has 3 saturated heterocycles. The van der Waals surface area contributed by atoms with Gasteiger partial charge in [-0.1, -0.05) is 36.4 Å². The van der Waals surface area contributed by atoms with Crippen molar-refractivity contribution in [2.75, 3.05) is 48.4 Å². The average molecular weight is 834 g/mol. The molecule has 4 aliphatic heterocycles. The topological polar surface area (TPSA) is 134 Å². The highest BCUT2D eigenvalue weighted by molar-refractivity contribution is 6.24. The lowest BCUT2D eigenvalue weighted by molar-refractivity contribution is -0.136. The maximum atomic E-state index is 15.7. The Morgan fingerprint density at radius 2 is 1.30 bits per heavy atom. The maximum Gasteiger partial charge on any atom is 0.262 e. The summed E-state index contributed by atoms with van der Waals surface area (Å²) in [6.45, 7) is 8.14. The zero-order valence-corrected chi connectivity index (χ0v) is 34.5. The third kappa shape index (κ3) is 8.10. The lowest BCUT2D eigenvalue weighted by atomic mass is 9.88. The van der Waals surface area contributed by atoms with Crippen LogP contribution in [0.25, 0.3) is 11.1 Å². The van der Waals surface area contributed by atoms with E-state index < -0.39 is 35.5 Å². The van der Waals surface area contributed by atoms with Gasteiger partial charge in [0.15, 0.2) is 0 Å². The summed E-state index contributed by atoms with van der Waals surface area (Å²) in [4.78, 5) is 58.7. The summed E-state index contributed by atoms with van der Waals surface area (Å²) >= 11 is 6.35. The highest BCUT2D eigenvalue weighted by Gasteiger charge is 2.45. The predicted octanol–water partition coefficient (Wildman–Crippen LogP) is 7.04. The number of phenols is 2. The smallest absolute Gasteiger partial charge is 0.262 e. The first kappa shape index (κ1) is 41.0. The Bertz CT molecular complexity index is 2320. The largest absolute Gasteiger partial charge is 0.508 e. The molecule has 3 fully saturated rings. The summed E-state index contributed by atoms with van der Waals surface area (Å²) < 4.78 is 15.7. The summed E-state index contributed by atoms with van der Waals surface area (Å²) in [5, 5.41) is 22.2. The van der Waals surface area contributed by atoms with E-state index >= 15 is 4.39 Å². The fraction of sp³-hybridized carbons (Fsp3) is 0.362. The number of amides is 4. The van der Waals surface area contributed by atoms with Gasteiger partial charge in [0.25, 0.3) is 11.8 Å². The number of allylic oxidation sites excluding steroid dienone is 1. The van der Waals surface area contributed by atoms with Crippen LogP contribution in [0.3, 0.4) is 0 Å². The van der Waals surface area contributed by atoms with Gasteiger partial charge >= 0.3 is 0 Å². The molecule has 0 bridgehead atoms. The van der Waals surface area contributed by atoms with Gasteiger partial charge in [-0.2, -0.15) is 0 Å². The van der Waals surface area contributed by atoms with Crippen molar-refractivity contribution < 1.29 is 33.8 Å². The molecule has 11 nitrogen and oxygen atoms in total. The van der Waals surface area contributed by atoms with Crippen LogP contribution >= 0.6 is 11.6 Å². The lowest BCUT2D eigenvalue weighted by Crippen LogP contribution is -2.58. The number of piperidine rings is 2. The number of nitrogens with one attached hydrogen (secondary N) is 1. The number of imide groups is 2. The Hall–Kier alpha value is -5.72. The van der Waals surface area contributed by atoms with Gasteiger partial charge in [0.05, 0.1) is 16.8 Å². The van der Waals surface area contributed by atoms with Gasteiger partial charge in [0.2, 0.25) is 11.8 Å². The van der Waals surface area contributed by atoms with Gasteiger partial charge in [-0.15, -0.1) is 11.6 Å². The highest BCUT2D eigenvalue weighted by Crippen LogP contribution is 2.38. The summed E-state index contributed by atoms with van der Waals surface area (Å²) in [6, 6.07) is 24.7. The molecular weight excluding hydrogens is 785 g/mol. The number of hydrogen-bond donors (Lipinski definition) is 3. The molecule has 4 amide bonds. The van der Waals surface area contributed by atoms with E-state index in [2.05, 4.69) is 53.2 Å². The number of fused-ring (bicyclic) bond motifs is 1. The third-order valence-electron chi connectivity index (χ3n) is 12.6. The van der Waals surface area contributed by atoms with Gasteiger partial charge in [-0.05, 0) is 122 Å². The van der Waals surface area contributed by atoms with Crippen molar-refractivity contribution in [3.63, 3.8) is 0 Å². The minimum atomic E-state index is -1.11. The first-order valence-corrected chi connectivity index (χ1v) is 21.2. The first-order chi connectivity index (χ1) is 28.9. The van der Waals surface area contributed by atoms with Crippen molar-refractivity contribution in [1.29, 1.82) is 0 Å². The van der Waals surface area contributed by atoms with Crippen molar-refractivity contribution in [3.05, 3.63) is 119 Å². The van der Waals surface area contributed by atoms with Gasteiger partial charge in [-0.3, -0.25) is 34.3 Å². The van der Waals surface area contributed by atoms with E-state index in [-0.39, 0.29) is 53.2 Å². The molecule has 3 atom stereocenters. The first-order valence-electron chi connectivity index (χ1n) is 20.7. The number of aromatic hydroxyl groups is 2. The normalized spacial score (nSPS) is 21.9. The van der Waals surface area contributed by atoms with Crippen LogP contribution in [0.1, 0.15) is 83.4 Å². The molecule has 13 heteroatoms. The van der Waals surface area contributed by atoms with Crippen LogP contribution in [0.2, 0.25) is 0 Å². The van der Waals surface area contributed by atoms with E-state index in [0.717, 1.165) is 77.0 Å². The summed E-state index contributed by atoms with van der Waals surface area (Å²) in [6.07, 6.45) is 2.72. The number of anilines is 2. The lowest BCUT2D eigenvalue weighted by Gasteiger charge is -2.47. The number of carbonyl (C=O) groups is 4. The number of hydrogen-bond acceptors (Lipinski definition) is 9. The van der Waals surface area contributed by atoms with Crippen molar-refractivity contribution in [2.45, 2.75) is 64.1 Å². The van der Waals surface area contributed by atoms with Crippen LogP contribution in [-0.2, 0) is 9.59 Å². The number of phenolic OH excluding ortho intramolecular Hbond substituents is 2. The molecule has 4 heterocycles. The van der Waals surface area contributed by atoms with Crippen molar-refractivity contribution >= 4 is 57.8 Å². The van der Waals surface area contributed by atoms with E-state index in [1.807, 2.05) is 29.2 Å². The van der Waals surface area contributed by atoms with E-state index in [0.29, 0.717) is 31.3 Å². The fourth-order valence-electron chi connectivity index (χ4n) is 9.46. The summed E-state index contributed by atoms with van der Waals surface area (Å²) in [5.74, 6) is -1.81. The van der Waals surface area contributed by atoms with Crippen LogP contribution < -0.4 is 15.1 Å². The van der Waals surface area contributed by atoms with Crippen molar-refractivity contribution in [3.8, 4) is 11.5 Å². The number of benzene rings is 4. The van der Waals surface area contributed by atoms with Crippen molar-refractivity contribution in [1.82, 2.24) is 15.1 Å².